The molecule has 0 aromatic heterocycles. The van der Waals surface area contributed by atoms with Crippen molar-refractivity contribution < 1.29 is 5.11 Å². The van der Waals surface area contributed by atoms with Crippen molar-refractivity contribution in [2.24, 2.45) is 5.41 Å². The standard InChI is InChI=1S/C14H22INO/c1-4-14(5-2,10-17)9-16-13-7-6-12(15)8-11(13)3/h6-8,16-17H,4-5,9-10H2,1-3H3. The van der Waals surface area contributed by atoms with Gasteiger partial charge in [0.05, 0.1) is 6.61 Å². The van der Waals surface area contributed by atoms with Crippen LogP contribution in [0.5, 0.6) is 0 Å². The van der Waals surface area contributed by atoms with Crippen LogP contribution in [0.3, 0.4) is 0 Å². The van der Waals surface area contributed by atoms with Crippen LogP contribution in [0.1, 0.15) is 32.3 Å². The monoisotopic (exact) mass is 347 g/mol. The van der Waals surface area contributed by atoms with Gasteiger partial charge in [-0.1, -0.05) is 13.8 Å². The van der Waals surface area contributed by atoms with E-state index in [9.17, 15) is 5.11 Å². The van der Waals surface area contributed by atoms with Crippen LogP contribution in [0, 0.1) is 15.9 Å². The Labute approximate surface area is 118 Å². The minimum atomic E-state index is 0.00936. The van der Waals surface area contributed by atoms with E-state index < -0.39 is 0 Å². The third-order valence-electron chi connectivity index (χ3n) is 3.68. The van der Waals surface area contributed by atoms with Crippen LogP contribution in [0.25, 0.3) is 0 Å². The van der Waals surface area contributed by atoms with E-state index in [1.165, 1.54) is 14.8 Å². The summed E-state index contributed by atoms with van der Waals surface area (Å²) in [7, 11) is 0. The highest BCUT2D eigenvalue weighted by Gasteiger charge is 2.24. The molecule has 0 amide bonds. The highest BCUT2D eigenvalue weighted by Crippen LogP contribution is 2.27. The van der Waals surface area contributed by atoms with Crippen molar-refractivity contribution in [2.45, 2.75) is 33.6 Å². The van der Waals surface area contributed by atoms with Crippen molar-refractivity contribution in [3.8, 4) is 0 Å². The Balaban J connectivity index is 2.72. The lowest BCUT2D eigenvalue weighted by atomic mass is 9.83. The molecule has 2 nitrogen and oxygen atoms in total. The normalized spacial score (nSPS) is 11.6. The van der Waals surface area contributed by atoms with E-state index in [1.807, 2.05) is 0 Å². The molecule has 0 aliphatic carbocycles. The molecule has 17 heavy (non-hydrogen) atoms. The van der Waals surface area contributed by atoms with Gasteiger partial charge in [-0.25, -0.2) is 0 Å². The Morgan fingerprint density at radius 1 is 1.29 bits per heavy atom. The molecule has 0 aliphatic heterocycles. The molecule has 1 aromatic rings. The molecule has 0 saturated carbocycles. The van der Waals surface area contributed by atoms with E-state index in [0.717, 1.165) is 19.4 Å². The number of aliphatic hydroxyl groups is 1. The molecule has 1 aromatic carbocycles. The van der Waals surface area contributed by atoms with Gasteiger partial charge in [-0.15, -0.1) is 0 Å². The van der Waals surface area contributed by atoms with E-state index in [1.54, 1.807) is 0 Å². The number of aliphatic hydroxyl groups excluding tert-OH is 1. The maximum atomic E-state index is 9.53. The number of anilines is 1. The van der Waals surface area contributed by atoms with E-state index >= 15 is 0 Å². The second kappa shape index (κ2) is 6.59. The van der Waals surface area contributed by atoms with Crippen molar-refractivity contribution in [1.29, 1.82) is 0 Å². The number of halogens is 1. The number of hydrogen-bond acceptors (Lipinski definition) is 2. The SMILES string of the molecule is CCC(CC)(CO)CNc1ccc(I)cc1C. The summed E-state index contributed by atoms with van der Waals surface area (Å²) in [6, 6.07) is 6.39. The van der Waals surface area contributed by atoms with Crippen molar-refractivity contribution in [1.82, 2.24) is 0 Å². The van der Waals surface area contributed by atoms with Crippen LogP contribution in [0.15, 0.2) is 18.2 Å². The van der Waals surface area contributed by atoms with Crippen LogP contribution < -0.4 is 5.32 Å². The second-order valence-electron chi connectivity index (χ2n) is 4.68. The van der Waals surface area contributed by atoms with E-state index in [-0.39, 0.29) is 12.0 Å². The predicted octanol–water partition coefficient (Wildman–Crippen LogP) is 3.81. The Bertz CT molecular complexity index is 353. The summed E-state index contributed by atoms with van der Waals surface area (Å²) < 4.78 is 1.25. The average molecular weight is 347 g/mol. The molecule has 0 saturated heterocycles. The Morgan fingerprint density at radius 3 is 2.41 bits per heavy atom. The fourth-order valence-electron chi connectivity index (χ4n) is 1.89. The lowest BCUT2D eigenvalue weighted by molar-refractivity contribution is 0.127. The zero-order chi connectivity index (χ0) is 12.9. The molecule has 96 valence electrons. The molecule has 0 heterocycles. The molecule has 1 rings (SSSR count). The quantitative estimate of drug-likeness (QED) is 0.767. The average Bonchev–Trinajstić information content (AvgIpc) is 2.33. The molecule has 0 spiro atoms. The molecule has 0 unspecified atom stereocenters. The number of nitrogens with one attached hydrogen (secondary N) is 1. The minimum Gasteiger partial charge on any atom is -0.396 e. The summed E-state index contributed by atoms with van der Waals surface area (Å²) in [5.74, 6) is 0. The summed E-state index contributed by atoms with van der Waals surface area (Å²) in [5, 5.41) is 13.0. The first-order valence-corrected chi connectivity index (χ1v) is 7.25. The van der Waals surface area contributed by atoms with E-state index in [0.29, 0.717) is 0 Å². The lowest BCUT2D eigenvalue weighted by Crippen LogP contribution is -2.32. The van der Waals surface area contributed by atoms with Crippen LogP contribution in [-0.2, 0) is 0 Å². The summed E-state index contributed by atoms with van der Waals surface area (Å²) in [4.78, 5) is 0. The number of hydrogen-bond donors (Lipinski definition) is 2. The van der Waals surface area contributed by atoms with Gasteiger partial charge in [0.15, 0.2) is 0 Å². The molecular weight excluding hydrogens is 325 g/mol. The molecule has 0 radical (unpaired) electrons. The topological polar surface area (TPSA) is 32.3 Å². The van der Waals surface area contributed by atoms with Gasteiger partial charge in [0.2, 0.25) is 0 Å². The predicted molar refractivity (Wildman–Crippen MR) is 82.5 cm³/mol. The molecular formula is C14H22INO. The smallest absolute Gasteiger partial charge is 0.0504 e. The first-order valence-electron chi connectivity index (χ1n) is 6.18. The molecule has 0 bridgehead atoms. The second-order valence-corrected chi connectivity index (χ2v) is 5.92. The number of aryl methyl sites for hydroxylation is 1. The molecule has 2 N–H and O–H groups in total. The Hall–Kier alpha value is -0.290. The van der Waals surface area contributed by atoms with Crippen LogP contribution in [0.4, 0.5) is 5.69 Å². The van der Waals surface area contributed by atoms with Gasteiger partial charge in [-0.05, 0) is 66.1 Å². The van der Waals surface area contributed by atoms with Gasteiger partial charge in [0, 0.05) is 21.2 Å². The summed E-state index contributed by atoms with van der Waals surface area (Å²) in [5.41, 5.74) is 2.44. The van der Waals surface area contributed by atoms with Crippen molar-refractivity contribution >= 4 is 28.3 Å². The Kier molecular flexibility index (Phi) is 5.73. The van der Waals surface area contributed by atoms with E-state index in [4.69, 9.17) is 0 Å². The zero-order valence-corrected chi connectivity index (χ0v) is 13.0. The van der Waals surface area contributed by atoms with Gasteiger partial charge < -0.3 is 10.4 Å². The third-order valence-corrected chi connectivity index (χ3v) is 4.35. The lowest BCUT2D eigenvalue weighted by Gasteiger charge is -2.30. The molecule has 0 aliphatic rings. The van der Waals surface area contributed by atoms with E-state index in [2.05, 4.69) is 66.9 Å². The first-order chi connectivity index (χ1) is 8.06. The number of benzene rings is 1. The first kappa shape index (κ1) is 14.8. The van der Waals surface area contributed by atoms with Gasteiger partial charge in [0.1, 0.15) is 0 Å². The summed E-state index contributed by atoms with van der Waals surface area (Å²) in [6.07, 6.45) is 1.99. The van der Waals surface area contributed by atoms with Crippen molar-refractivity contribution in [3.63, 3.8) is 0 Å². The molecule has 0 atom stereocenters. The number of rotatable bonds is 6. The highest BCUT2D eigenvalue weighted by atomic mass is 127. The minimum absolute atomic E-state index is 0.00936. The zero-order valence-electron chi connectivity index (χ0n) is 10.9. The summed E-state index contributed by atoms with van der Waals surface area (Å²) in [6.45, 7) is 7.47. The van der Waals surface area contributed by atoms with Crippen LogP contribution in [-0.4, -0.2) is 18.3 Å². The van der Waals surface area contributed by atoms with Gasteiger partial charge in [-0.3, -0.25) is 0 Å². The summed E-state index contributed by atoms with van der Waals surface area (Å²) >= 11 is 2.32. The van der Waals surface area contributed by atoms with Crippen LogP contribution in [0.2, 0.25) is 0 Å². The maximum Gasteiger partial charge on any atom is 0.0504 e. The third kappa shape index (κ3) is 3.85. The van der Waals surface area contributed by atoms with Crippen molar-refractivity contribution in [2.75, 3.05) is 18.5 Å². The van der Waals surface area contributed by atoms with Crippen molar-refractivity contribution in [3.05, 3.63) is 27.3 Å². The van der Waals surface area contributed by atoms with Gasteiger partial charge in [-0.2, -0.15) is 0 Å². The molecule has 0 fully saturated rings. The maximum absolute atomic E-state index is 9.53. The fraction of sp³-hybridized carbons (Fsp3) is 0.571. The highest BCUT2D eigenvalue weighted by molar-refractivity contribution is 14.1. The van der Waals surface area contributed by atoms with Gasteiger partial charge in [0.25, 0.3) is 0 Å². The molecule has 3 heteroatoms. The largest absolute Gasteiger partial charge is 0.396 e. The fourth-order valence-corrected chi connectivity index (χ4v) is 2.53. The van der Waals surface area contributed by atoms with Crippen LogP contribution >= 0.6 is 22.6 Å². The Morgan fingerprint density at radius 2 is 1.94 bits per heavy atom. The van der Waals surface area contributed by atoms with Gasteiger partial charge >= 0.3 is 0 Å².